The molecule has 0 saturated carbocycles. The van der Waals surface area contributed by atoms with Gasteiger partial charge in [-0.3, -0.25) is 9.59 Å². The maximum Gasteiger partial charge on any atom is 0.251 e. The van der Waals surface area contributed by atoms with E-state index in [9.17, 15) is 14.0 Å². The topological polar surface area (TPSA) is 58.2 Å². The van der Waals surface area contributed by atoms with Crippen LogP contribution in [0.3, 0.4) is 0 Å². The van der Waals surface area contributed by atoms with Gasteiger partial charge in [-0.1, -0.05) is 29.3 Å². The number of hydrogen-bond donors (Lipinski definition) is 2. The summed E-state index contributed by atoms with van der Waals surface area (Å²) in [4.78, 5) is 23.6. The van der Waals surface area contributed by atoms with Crippen LogP contribution in [0.15, 0.2) is 42.5 Å². The monoisotopic (exact) mass is 320 g/mol. The number of anilines is 1. The van der Waals surface area contributed by atoms with Crippen LogP contribution < -0.4 is 10.6 Å². The van der Waals surface area contributed by atoms with Gasteiger partial charge in [-0.05, 0) is 37.3 Å². The Hall–Kier alpha value is -2.40. The number of benzene rings is 2. The summed E-state index contributed by atoms with van der Waals surface area (Å²) in [5.74, 6) is -1.52. The molecule has 2 aromatic carbocycles. The van der Waals surface area contributed by atoms with Crippen LogP contribution in [0, 0.1) is 12.7 Å². The van der Waals surface area contributed by atoms with Crippen LogP contribution in [0.5, 0.6) is 0 Å². The summed E-state index contributed by atoms with van der Waals surface area (Å²) in [5, 5.41) is 5.08. The average molecular weight is 321 g/mol. The lowest BCUT2D eigenvalue weighted by Gasteiger charge is -2.08. The highest BCUT2D eigenvalue weighted by atomic mass is 35.5. The summed E-state index contributed by atoms with van der Waals surface area (Å²) >= 11 is 5.63. The van der Waals surface area contributed by atoms with Crippen molar-refractivity contribution in [2.24, 2.45) is 0 Å². The van der Waals surface area contributed by atoms with E-state index in [-0.39, 0.29) is 23.2 Å². The van der Waals surface area contributed by atoms with Crippen LogP contribution in [0.25, 0.3) is 0 Å². The van der Waals surface area contributed by atoms with Gasteiger partial charge in [0.25, 0.3) is 5.91 Å². The fourth-order valence-corrected chi connectivity index (χ4v) is 1.99. The molecule has 114 valence electrons. The van der Waals surface area contributed by atoms with Crippen molar-refractivity contribution in [3.63, 3.8) is 0 Å². The first-order valence-electron chi connectivity index (χ1n) is 6.55. The minimum absolute atomic E-state index is 0.0132. The Morgan fingerprint density at radius 3 is 2.64 bits per heavy atom. The molecule has 0 saturated heterocycles. The number of nitrogens with one attached hydrogen (secondary N) is 2. The molecular formula is C16H14ClFN2O2. The predicted molar refractivity (Wildman–Crippen MR) is 83.6 cm³/mol. The fraction of sp³-hybridized carbons (Fsp3) is 0.125. The molecule has 6 heteroatoms. The van der Waals surface area contributed by atoms with E-state index in [0.29, 0.717) is 5.56 Å². The van der Waals surface area contributed by atoms with E-state index in [1.54, 1.807) is 18.2 Å². The second-order valence-electron chi connectivity index (χ2n) is 4.72. The van der Waals surface area contributed by atoms with E-state index in [1.165, 1.54) is 12.1 Å². The summed E-state index contributed by atoms with van der Waals surface area (Å²) in [6.07, 6.45) is 0. The van der Waals surface area contributed by atoms with Gasteiger partial charge in [-0.2, -0.15) is 0 Å². The molecule has 2 N–H and O–H groups in total. The Labute approximate surface area is 132 Å². The van der Waals surface area contributed by atoms with E-state index < -0.39 is 11.7 Å². The van der Waals surface area contributed by atoms with E-state index in [0.717, 1.165) is 11.6 Å². The predicted octanol–water partition coefficient (Wildman–Crippen LogP) is 3.16. The highest BCUT2D eigenvalue weighted by Crippen LogP contribution is 2.18. The standard InChI is InChI=1S/C16H14ClFN2O2/c1-10-3-2-4-11(7-10)16(22)19-9-15(21)20-14-6-5-12(17)8-13(14)18/h2-8H,9H2,1H3,(H,19,22)(H,20,21). The molecule has 0 heterocycles. The van der Waals surface area contributed by atoms with Crippen LogP contribution in [0.1, 0.15) is 15.9 Å². The zero-order valence-electron chi connectivity index (χ0n) is 11.8. The molecule has 4 nitrogen and oxygen atoms in total. The van der Waals surface area contributed by atoms with Gasteiger partial charge >= 0.3 is 0 Å². The van der Waals surface area contributed by atoms with Crippen molar-refractivity contribution < 1.29 is 14.0 Å². The van der Waals surface area contributed by atoms with Crippen molar-refractivity contribution in [1.82, 2.24) is 5.32 Å². The average Bonchev–Trinajstić information content (AvgIpc) is 2.47. The number of halogens is 2. The van der Waals surface area contributed by atoms with Crippen LogP contribution >= 0.6 is 11.6 Å². The van der Waals surface area contributed by atoms with Gasteiger partial charge in [-0.25, -0.2) is 4.39 Å². The van der Waals surface area contributed by atoms with Crippen molar-refractivity contribution in [3.05, 3.63) is 64.4 Å². The molecule has 0 unspecified atom stereocenters. The molecule has 0 radical (unpaired) electrons. The molecule has 0 aromatic heterocycles. The molecule has 0 aliphatic carbocycles. The van der Waals surface area contributed by atoms with E-state index in [2.05, 4.69) is 10.6 Å². The lowest BCUT2D eigenvalue weighted by molar-refractivity contribution is -0.115. The van der Waals surface area contributed by atoms with Crippen LogP contribution in [-0.4, -0.2) is 18.4 Å². The van der Waals surface area contributed by atoms with Gasteiger partial charge in [-0.15, -0.1) is 0 Å². The number of aryl methyl sites for hydroxylation is 1. The van der Waals surface area contributed by atoms with Crippen molar-refractivity contribution in [1.29, 1.82) is 0 Å². The number of rotatable bonds is 4. The number of carbonyl (C=O) groups is 2. The summed E-state index contributed by atoms with van der Waals surface area (Å²) in [6, 6.07) is 10.9. The third kappa shape index (κ3) is 4.30. The summed E-state index contributed by atoms with van der Waals surface area (Å²) in [6.45, 7) is 1.61. The Morgan fingerprint density at radius 2 is 1.95 bits per heavy atom. The minimum Gasteiger partial charge on any atom is -0.343 e. The van der Waals surface area contributed by atoms with Gasteiger partial charge in [0, 0.05) is 10.6 Å². The smallest absolute Gasteiger partial charge is 0.251 e. The molecule has 0 spiro atoms. The maximum absolute atomic E-state index is 13.5. The first-order valence-corrected chi connectivity index (χ1v) is 6.93. The Bertz CT molecular complexity index is 719. The highest BCUT2D eigenvalue weighted by Gasteiger charge is 2.10. The third-order valence-corrected chi connectivity index (χ3v) is 3.13. The van der Waals surface area contributed by atoms with Crippen LogP contribution in [-0.2, 0) is 4.79 Å². The summed E-state index contributed by atoms with van der Waals surface area (Å²) < 4.78 is 13.5. The van der Waals surface area contributed by atoms with Crippen LogP contribution in [0.2, 0.25) is 5.02 Å². The summed E-state index contributed by atoms with van der Waals surface area (Å²) in [5.41, 5.74) is 1.42. The molecule has 2 amide bonds. The lowest BCUT2D eigenvalue weighted by Crippen LogP contribution is -2.33. The van der Waals surface area contributed by atoms with Crippen molar-refractivity contribution >= 4 is 29.1 Å². The molecular weight excluding hydrogens is 307 g/mol. The molecule has 0 aliphatic heterocycles. The van der Waals surface area contributed by atoms with Crippen molar-refractivity contribution in [2.45, 2.75) is 6.92 Å². The molecule has 22 heavy (non-hydrogen) atoms. The fourth-order valence-electron chi connectivity index (χ4n) is 1.83. The quantitative estimate of drug-likeness (QED) is 0.909. The lowest BCUT2D eigenvalue weighted by atomic mass is 10.1. The number of amides is 2. The van der Waals surface area contributed by atoms with Gasteiger partial charge in [0.2, 0.25) is 5.91 Å². The normalized spacial score (nSPS) is 10.1. The second-order valence-corrected chi connectivity index (χ2v) is 5.16. The first-order chi connectivity index (χ1) is 10.5. The van der Waals surface area contributed by atoms with Gasteiger partial charge in [0.1, 0.15) is 5.82 Å². The second kappa shape index (κ2) is 7.04. The Morgan fingerprint density at radius 1 is 1.18 bits per heavy atom. The third-order valence-electron chi connectivity index (χ3n) is 2.89. The number of hydrogen-bond acceptors (Lipinski definition) is 2. The SMILES string of the molecule is Cc1cccc(C(=O)NCC(=O)Nc2ccc(Cl)cc2F)c1. The Kier molecular flexibility index (Phi) is 5.12. The van der Waals surface area contributed by atoms with E-state index >= 15 is 0 Å². The van der Waals surface area contributed by atoms with Crippen molar-refractivity contribution in [3.8, 4) is 0 Å². The molecule has 0 bridgehead atoms. The van der Waals surface area contributed by atoms with Gasteiger partial charge in [0.15, 0.2) is 0 Å². The van der Waals surface area contributed by atoms with Gasteiger partial charge in [0.05, 0.1) is 12.2 Å². The molecule has 0 aliphatic rings. The van der Waals surface area contributed by atoms with E-state index in [1.807, 2.05) is 13.0 Å². The zero-order valence-corrected chi connectivity index (χ0v) is 12.6. The largest absolute Gasteiger partial charge is 0.343 e. The highest BCUT2D eigenvalue weighted by molar-refractivity contribution is 6.30. The molecule has 0 atom stereocenters. The maximum atomic E-state index is 13.5. The van der Waals surface area contributed by atoms with Crippen LogP contribution in [0.4, 0.5) is 10.1 Å². The summed E-state index contributed by atoms with van der Waals surface area (Å²) in [7, 11) is 0. The zero-order chi connectivity index (χ0) is 16.1. The van der Waals surface area contributed by atoms with Crippen molar-refractivity contribution in [2.75, 3.05) is 11.9 Å². The first kappa shape index (κ1) is 16.0. The minimum atomic E-state index is -0.633. The number of carbonyl (C=O) groups excluding carboxylic acids is 2. The Balaban J connectivity index is 1.91. The molecule has 2 rings (SSSR count). The molecule has 2 aromatic rings. The van der Waals surface area contributed by atoms with E-state index in [4.69, 9.17) is 11.6 Å². The molecule has 0 fully saturated rings. The van der Waals surface area contributed by atoms with Gasteiger partial charge < -0.3 is 10.6 Å².